The Morgan fingerprint density at radius 3 is 1.48 bits per heavy atom. The van der Waals surface area contributed by atoms with E-state index in [0.29, 0.717) is 5.88 Å². The predicted octanol–water partition coefficient (Wildman–Crippen LogP) is 8.03. The number of nitrogens with zero attached hydrogens (tertiary/aromatic N) is 1. The van der Waals surface area contributed by atoms with Crippen LogP contribution in [0.3, 0.4) is 0 Å². The Hall–Kier alpha value is -4.17. The van der Waals surface area contributed by atoms with Crippen molar-refractivity contribution in [2.75, 3.05) is 0 Å². The van der Waals surface area contributed by atoms with Gasteiger partial charge in [-0.05, 0) is 16.7 Å². The Bertz CT molecular complexity index is 1290. The van der Waals surface area contributed by atoms with E-state index in [4.69, 9.17) is 9.41 Å². The summed E-state index contributed by atoms with van der Waals surface area (Å²) in [6.45, 7) is 0. The number of furan rings is 1. The van der Waals surface area contributed by atoms with Crippen LogP contribution in [0.15, 0.2) is 131 Å². The maximum atomic E-state index is 6.46. The van der Waals surface area contributed by atoms with Gasteiger partial charge < -0.3 is 4.42 Å². The first-order valence-corrected chi connectivity index (χ1v) is 10.3. The molecule has 1 aromatic heterocycles. The zero-order chi connectivity index (χ0) is 20.9. The van der Waals surface area contributed by atoms with Crippen LogP contribution in [0, 0.1) is 0 Å². The standard InChI is InChI=1S/C29H21NO/c1-5-13-22(14-6-1)21-30-29-27(24-17-9-3-10-18-24)26(23-15-7-2-8-16-23)28(31-29)25-19-11-4-12-20-25/h1-21H/b30-21+. The highest BCUT2D eigenvalue weighted by molar-refractivity contribution is 5.98. The van der Waals surface area contributed by atoms with Gasteiger partial charge in [0.05, 0.1) is 5.56 Å². The van der Waals surface area contributed by atoms with Crippen molar-refractivity contribution < 1.29 is 4.42 Å². The molecule has 0 saturated carbocycles. The second-order valence-corrected chi connectivity index (χ2v) is 7.25. The highest BCUT2D eigenvalue weighted by Crippen LogP contribution is 2.48. The lowest BCUT2D eigenvalue weighted by atomic mass is 9.94. The van der Waals surface area contributed by atoms with Crippen molar-refractivity contribution in [3.63, 3.8) is 0 Å². The summed E-state index contributed by atoms with van der Waals surface area (Å²) in [7, 11) is 0. The third-order valence-electron chi connectivity index (χ3n) is 5.18. The van der Waals surface area contributed by atoms with Gasteiger partial charge in [0.2, 0.25) is 5.88 Å². The quantitative estimate of drug-likeness (QED) is 0.275. The fourth-order valence-electron chi connectivity index (χ4n) is 3.73. The van der Waals surface area contributed by atoms with E-state index >= 15 is 0 Å². The third kappa shape index (κ3) is 3.96. The highest BCUT2D eigenvalue weighted by Gasteiger charge is 2.23. The fraction of sp³-hybridized carbons (Fsp3) is 0. The molecule has 2 nitrogen and oxygen atoms in total. The van der Waals surface area contributed by atoms with Gasteiger partial charge in [0.1, 0.15) is 5.76 Å². The van der Waals surface area contributed by atoms with Crippen molar-refractivity contribution >= 4 is 12.1 Å². The highest BCUT2D eigenvalue weighted by atomic mass is 16.4. The smallest absolute Gasteiger partial charge is 0.227 e. The maximum Gasteiger partial charge on any atom is 0.227 e. The molecule has 5 rings (SSSR count). The van der Waals surface area contributed by atoms with Gasteiger partial charge in [0.15, 0.2) is 0 Å². The van der Waals surface area contributed by atoms with Crippen LogP contribution in [-0.2, 0) is 0 Å². The summed E-state index contributed by atoms with van der Waals surface area (Å²) in [4.78, 5) is 4.79. The van der Waals surface area contributed by atoms with Crippen molar-refractivity contribution in [3.05, 3.63) is 127 Å². The van der Waals surface area contributed by atoms with E-state index < -0.39 is 0 Å². The first-order chi connectivity index (χ1) is 15.4. The van der Waals surface area contributed by atoms with Crippen molar-refractivity contribution in [1.29, 1.82) is 0 Å². The molecule has 0 radical (unpaired) electrons. The van der Waals surface area contributed by atoms with Crippen molar-refractivity contribution in [2.45, 2.75) is 0 Å². The van der Waals surface area contributed by atoms with Crippen molar-refractivity contribution in [1.82, 2.24) is 0 Å². The molecule has 0 amide bonds. The van der Waals surface area contributed by atoms with Gasteiger partial charge in [-0.25, -0.2) is 4.99 Å². The molecule has 2 heteroatoms. The van der Waals surface area contributed by atoms with Crippen LogP contribution in [0.25, 0.3) is 33.6 Å². The van der Waals surface area contributed by atoms with Crippen LogP contribution >= 0.6 is 0 Å². The van der Waals surface area contributed by atoms with Crippen LogP contribution in [0.4, 0.5) is 5.88 Å². The molecule has 0 unspecified atom stereocenters. The minimum absolute atomic E-state index is 0.604. The fourth-order valence-corrected chi connectivity index (χ4v) is 3.73. The molecule has 0 saturated heterocycles. The maximum absolute atomic E-state index is 6.46. The van der Waals surface area contributed by atoms with Crippen LogP contribution in [-0.4, -0.2) is 6.21 Å². The Morgan fingerprint density at radius 1 is 0.484 bits per heavy atom. The molecule has 148 valence electrons. The Balaban J connectivity index is 1.78. The van der Waals surface area contributed by atoms with Crippen LogP contribution < -0.4 is 0 Å². The number of hydrogen-bond donors (Lipinski definition) is 0. The van der Waals surface area contributed by atoms with E-state index in [-0.39, 0.29) is 0 Å². The summed E-state index contributed by atoms with van der Waals surface area (Å²) >= 11 is 0. The van der Waals surface area contributed by atoms with E-state index in [1.807, 2.05) is 79.0 Å². The van der Waals surface area contributed by atoms with E-state index in [0.717, 1.165) is 39.1 Å². The van der Waals surface area contributed by atoms with E-state index in [9.17, 15) is 0 Å². The monoisotopic (exact) mass is 399 g/mol. The molecule has 0 aliphatic rings. The largest absolute Gasteiger partial charge is 0.437 e. The normalized spacial score (nSPS) is 11.1. The van der Waals surface area contributed by atoms with Crippen molar-refractivity contribution in [3.8, 4) is 33.6 Å². The Labute approximate surface area is 182 Å². The predicted molar refractivity (Wildman–Crippen MR) is 129 cm³/mol. The first-order valence-electron chi connectivity index (χ1n) is 10.3. The zero-order valence-corrected chi connectivity index (χ0v) is 17.0. The number of benzene rings is 4. The summed E-state index contributed by atoms with van der Waals surface area (Å²) in [5.74, 6) is 1.43. The molecule has 4 aromatic carbocycles. The molecular weight excluding hydrogens is 378 g/mol. The number of aliphatic imine (C=N–C) groups is 1. The lowest BCUT2D eigenvalue weighted by molar-refractivity contribution is 0.594. The van der Waals surface area contributed by atoms with Gasteiger partial charge in [-0.2, -0.15) is 0 Å². The van der Waals surface area contributed by atoms with Crippen LogP contribution in [0.2, 0.25) is 0 Å². The van der Waals surface area contributed by atoms with Gasteiger partial charge >= 0.3 is 0 Å². The Kier molecular flexibility index (Phi) is 5.27. The average Bonchev–Trinajstić information content (AvgIpc) is 3.24. The van der Waals surface area contributed by atoms with Gasteiger partial charge in [-0.3, -0.25) is 0 Å². The van der Waals surface area contributed by atoms with E-state index in [1.165, 1.54) is 0 Å². The molecule has 1 heterocycles. The summed E-state index contributed by atoms with van der Waals surface area (Å²) in [5.41, 5.74) is 6.29. The lowest BCUT2D eigenvalue weighted by Crippen LogP contribution is -1.84. The second kappa shape index (κ2) is 8.68. The van der Waals surface area contributed by atoms with Gasteiger partial charge in [0.25, 0.3) is 0 Å². The molecule has 0 fully saturated rings. The lowest BCUT2D eigenvalue weighted by Gasteiger charge is -2.07. The number of hydrogen-bond acceptors (Lipinski definition) is 2. The number of rotatable bonds is 5. The molecule has 0 N–H and O–H groups in total. The van der Waals surface area contributed by atoms with E-state index in [2.05, 4.69) is 48.5 Å². The van der Waals surface area contributed by atoms with Gasteiger partial charge in [-0.1, -0.05) is 121 Å². The molecule has 0 bridgehead atoms. The van der Waals surface area contributed by atoms with Crippen LogP contribution in [0.1, 0.15) is 5.56 Å². The summed E-state index contributed by atoms with van der Waals surface area (Å²) in [5, 5.41) is 0. The summed E-state index contributed by atoms with van der Waals surface area (Å²) in [6, 6.07) is 41.0. The molecule has 0 aliphatic carbocycles. The topological polar surface area (TPSA) is 25.5 Å². The van der Waals surface area contributed by atoms with Gasteiger partial charge in [0, 0.05) is 17.3 Å². The second-order valence-electron chi connectivity index (χ2n) is 7.25. The zero-order valence-electron chi connectivity index (χ0n) is 17.0. The minimum atomic E-state index is 0.604. The minimum Gasteiger partial charge on any atom is -0.437 e. The third-order valence-corrected chi connectivity index (χ3v) is 5.18. The van der Waals surface area contributed by atoms with Crippen molar-refractivity contribution in [2.24, 2.45) is 4.99 Å². The molecule has 31 heavy (non-hydrogen) atoms. The molecule has 0 aliphatic heterocycles. The SMILES string of the molecule is C(=N\c1oc(-c2ccccc2)c(-c2ccccc2)c1-c1ccccc1)/c1ccccc1. The van der Waals surface area contributed by atoms with Crippen LogP contribution in [0.5, 0.6) is 0 Å². The molecule has 0 atom stereocenters. The Morgan fingerprint density at radius 2 is 0.935 bits per heavy atom. The first kappa shape index (κ1) is 18.8. The average molecular weight is 399 g/mol. The van der Waals surface area contributed by atoms with E-state index in [1.54, 1.807) is 0 Å². The summed E-state index contributed by atoms with van der Waals surface area (Å²) in [6.07, 6.45) is 1.86. The summed E-state index contributed by atoms with van der Waals surface area (Å²) < 4.78 is 6.46. The molecular formula is C29H21NO. The molecule has 0 spiro atoms. The molecule has 5 aromatic rings. The van der Waals surface area contributed by atoms with Gasteiger partial charge in [-0.15, -0.1) is 0 Å².